The van der Waals surface area contributed by atoms with Crippen molar-refractivity contribution in [3.63, 3.8) is 0 Å². The van der Waals surface area contributed by atoms with Crippen LogP contribution in [0.4, 0.5) is 0 Å². The normalized spacial score (nSPS) is 11.0. The van der Waals surface area contributed by atoms with Crippen molar-refractivity contribution in [3.05, 3.63) is 81.7 Å². The Balaban J connectivity index is 1.44. The lowest BCUT2D eigenvalue weighted by Crippen LogP contribution is -2.28. The van der Waals surface area contributed by atoms with Crippen LogP contribution in [0, 0.1) is 0 Å². The molecule has 6 nitrogen and oxygen atoms in total. The Morgan fingerprint density at radius 3 is 2.65 bits per heavy atom. The fraction of sp³-hybridized carbons (Fsp3) is 0.174. The SMILES string of the molecule is Cn1c(SCC(=O)NCCc2ccc(Cl)cc2)nc2c(-c3ccccc3)c[nH]c2c1=O. The third-order valence-corrected chi connectivity index (χ3v) is 6.21. The molecule has 2 aromatic heterocycles. The van der Waals surface area contributed by atoms with Crippen LogP contribution in [0.2, 0.25) is 5.02 Å². The van der Waals surface area contributed by atoms with E-state index >= 15 is 0 Å². The highest BCUT2D eigenvalue weighted by Gasteiger charge is 2.15. The maximum atomic E-state index is 12.8. The molecule has 2 aromatic carbocycles. The van der Waals surface area contributed by atoms with Crippen LogP contribution >= 0.6 is 23.4 Å². The van der Waals surface area contributed by atoms with Gasteiger partial charge in [-0.15, -0.1) is 0 Å². The molecule has 2 heterocycles. The molecular formula is C23H21ClN4O2S. The fourth-order valence-corrected chi connectivity index (χ4v) is 4.19. The summed E-state index contributed by atoms with van der Waals surface area (Å²) in [6.07, 6.45) is 2.52. The maximum absolute atomic E-state index is 12.8. The number of H-pyrrole nitrogens is 1. The molecule has 31 heavy (non-hydrogen) atoms. The molecule has 4 aromatic rings. The van der Waals surface area contributed by atoms with E-state index < -0.39 is 0 Å². The van der Waals surface area contributed by atoms with Gasteiger partial charge in [0.25, 0.3) is 5.56 Å². The van der Waals surface area contributed by atoms with Gasteiger partial charge in [0, 0.05) is 30.4 Å². The molecule has 0 aliphatic heterocycles. The molecule has 0 fully saturated rings. The molecular weight excluding hydrogens is 432 g/mol. The van der Waals surface area contributed by atoms with E-state index in [1.807, 2.05) is 54.6 Å². The van der Waals surface area contributed by atoms with Gasteiger partial charge in [0.2, 0.25) is 5.91 Å². The number of aromatic amines is 1. The number of hydrogen-bond acceptors (Lipinski definition) is 4. The minimum atomic E-state index is -0.169. The van der Waals surface area contributed by atoms with Gasteiger partial charge in [-0.1, -0.05) is 65.8 Å². The largest absolute Gasteiger partial charge is 0.355 e. The van der Waals surface area contributed by atoms with Gasteiger partial charge in [-0.3, -0.25) is 14.2 Å². The molecule has 0 bridgehead atoms. The number of fused-ring (bicyclic) bond motifs is 1. The molecule has 8 heteroatoms. The molecule has 0 atom stereocenters. The Morgan fingerprint density at radius 1 is 1.16 bits per heavy atom. The molecule has 0 spiro atoms. The molecule has 2 N–H and O–H groups in total. The van der Waals surface area contributed by atoms with E-state index in [-0.39, 0.29) is 17.2 Å². The first-order valence-electron chi connectivity index (χ1n) is 9.80. The van der Waals surface area contributed by atoms with Crippen LogP contribution in [0.15, 0.2) is 70.7 Å². The Bertz CT molecular complexity index is 1270. The van der Waals surface area contributed by atoms with Crippen LogP contribution in [0.25, 0.3) is 22.2 Å². The number of carbonyl (C=O) groups excluding carboxylic acids is 1. The fourth-order valence-electron chi connectivity index (χ4n) is 3.27. The second-order valence-electron chi connectivity index (χ2n) is 7.07. The number of nitrogens with zero attached hydrogens (tertiary/aromatic N) is 2. The van der Waals surface area contributed by atoms with Gasteiger partial charge in [0.1, 0.15) is 11.0 Å². The van der Waals surface area contributed by atoms with Gasteiger partial charge in [0.15, 0.2) is 5.16 Å². The quantitative estimate of drug-likeness (QED) is 0.327. The molecule has 0 radical (unpaired) electrons. The predicted molar refractivity (Wildman–Crippen MR) is 126 cm³/mol. The Kier molecular flexibility index (Phi) is 6.44. The number of thioether (sulfide) groups is 1. The van der Waals surface area contributed by atoms with E-state index in [9.17, 15) is 9.59 Å². The van der Waals surface area contributed by atoms with Crippen molar-refractivity contribution in [3.8, 4) is 11.1 Å². The summed E-state index contributed by atoms with van der Waals surface area (Å²) < 4.78 is 1.47. The van der Waals surface area contributed by atoms with Gasteiger partial charge in [0.05, 0.1) is 5.75 Å². The van der Waals surface area contributed by atoms with Gasteiger partial charge >= 0.3 is 0 Å². The van der Waals surface area contributed by atoms with Crippen molar-refractivity contribution < 1.29 is 4.79 Å². The van der Waals surface area contributed by atoms with Crippen LogP contribution < -0.4 is 10.9 Å². The van der Waals surface area contributed by atoms with E-state index in [1.165, 1.54) is 16.3 Å². The monoisotopic (exact) mass is 452 g/mol. The summed E-state index contributed by atoms with van der Waals surface area (Å²) >= 11 is 7.14. The third kappa shape index (κ3) is 4.84. The van der Waals surface area contributed by atoms with Crippen molar-refractivity contribution in [1.82, 2.24) is 19.9 Å². The van der Waals surface area contributed by atoms with Gasteiger partial charge < -0.3 is 10.3 Å². The summed E-state index contributed by atoms with van der Waals surface area (Å²) in [6.45, 7) is 0.530. The first kappa shape index (κ1) is 21.2. The minimum absolute atomic E-state index is 0.106. The van der Waals surface area contributed by atoms with E-state index in [4.69, 9.17) is 11.6 Å². The molecule has 0 saturated heterocycles. The Hall–Kier alpha value is -3.03. The standard InChI is InChI=1S/C23H21ClN4O2S/c1-28-22(30)21-20(18(13-26-21)16-5-3-2-4-6-16)27-23(28)31-14-19(29)25-12-11-15-7-9-17(24)10-8-15/h2-10,13,26H,11-12,14H2,1H3,(H,25,29). The van der Waals surface area contributed by atoms with Crippen molar-refractivity contribution in [1.29, 1.82) is 0 Å². The molecule has 0 unspecified atom stereocenters. The van der Waals surface area contributed by atoms with Crippen LogP contribution in [0.3, 0.4) is 0 Å². The number of aromatic nitrogens is 3. The number of halogens is 1. The van der Waals surface area contributed by atoms with Crippen molar-refractivity contribution >= 4 is 40.3 Å². The number of amides is 1. The van der Waals surface area contributed by atoms with E-state index in [0.717, 1.165) is 23.1 Å². The summed E-state index contributed by atoms with van der Waals surface area (Å²) in [5, 5.41) is 4.10. The zero-order valence-electron chi connectivity index (χ0n) is 16.9. The van der Waals surface area contributed by atoms with Gasteiger partial charge in [-0.2, -0.15) is 0 Å². The average Bonchev–Trinajstić information content (AvgIpc) is 3.21. The number of hydrogen-bond donors (Lipinski definition) is 2. The summed E-state index contributed by atoms with van der Waals surface area (Å²) in [5.74, 6) is 0.0722. The van der Waals surface area contributed by atoms with E-state index in [2.05, 4.69) is 15.3 Å². The van der Waals surface area contributed by atoms with Crippen LogP contribution in [-0.2, 0) is 18.3 Å². The number of nitrogens with one attached hydrogen (secondary N) is 2. The number of rotatable bonds is 7. The lowest BCUT2D eigenvalue weighted by atomic mass is 10.1. The van der Waals surface area contributed by atoms with Crippen molar-refractivity contribution in [2.24, 2.45) is 7.05 Å². The number of benzene rings is 2. The average molecular weight is 453 g/mol. The minimum Gasteiger partial charge on any atom is -0.355 e. The highest BCUT2D eigenvalue weighted by molar-refractivity contribution is 7.99. The van der Waals surface area contributed by atoms with Crippen LogP contribution in [-0.4, -0.2) is 32.7 Å². The lowest BCUT2D eigenvalue weighted by Gasteiger charge is -2.09. The topological polar surface area (TPSA) is 79.8 Å². The summed E-state index contributed by atoms with van der Waals surface area (Å²) in [7, 11) is 1.67. The third-order valence-electron chi connectivity index (χ3n) is 4.93. The Morgan fingerprint density at radius 2 is 1.90 bits per heavy atom. The molecule has 0 saturated carbocycles. The van der Waals surface area contributed by atoms with Gasteiger partial charge in [-0.05, 0) is 29.7 Å². The van der Waals surface area contributed by atoms with Crippen LogP contribution in [0.1, 0.15) is 5.56 Å². The van der Waals surface area contributed by atoms with Crippen molar-refractivity contribution in [2.45, 2.75) is 11.6 Å². The first-order chi connectivity index (χ1) is 15.0. The second-order valence-corrected chi connectivity index (χ2v) is 8.44. The highest BCUT2D eigenvalue weighted by Crippen LogP contribution is 2.27. The smallest absolute Gasteiger partial charge is 0.278 e. The first-order valence-corrected chi connectivity index (χ1v) is 11.2. The zero-order chi connectivity index (χ0) is 21.8. The molecule has 0 aliphatic rings. The van der Waals surface area contributed by atoms with E-state index in [1.54, 1.807) is 13.2 Å². The predicted octanol–water partition coefficient (Wildman–Crippen LogP) is 4.03. The molecule has 0 aliphatic carbocycles. The summed E-state index contributed by atoms with van der Waals surface area (Å²) in [6, 6.07) is 17.3. The molecule has 4 rings (SSSR count). The highest BCUT2D eigenvalue weighted by atomic mass is 35.5. The summed E-state index contributed by atoms with van der Waals surface area (Å²) in [5.41, 5.74) is 3.84. The molecule has 158 valence electrons. The van der Waals surface area contributed by atoms with Crippen LogP contribution in [0.5, 0.6) is 0 Å². The van der Waals surface area contributed by atoms with E-state index in [0.29, 0.717) is 27.8 Å². The Labute approximate surface area is 188 Å². The zero-order valence-corrected chi connectivity index (χ0v) is 18.5. The summed E-state index contributed by atoms with van der Waals surface area (Å²) in [4.78, 5) is 32.8. The molecule has 1 amide bonds. The van der Waals surface area contributed by atoms with Crippen molar-refractivity contribution in [2.75, 3.05) is 12.3 Å². The second kappa shape index (κ2) is 9.41. The number of carbonyl (C=O) groups is 1. The lowest BCUT2D eigenvalue weighted by molar-refractivity contribution is -0.118. The maximum Gasteiger partial charge on any atom is 0.278 e. The van der Waals surface area contributed by atoms with Gasteiger partial charge in [-0.25, -0.2) is 4.98 Å².